The summed E-state index contributed by atoms with van der Waals surface area (Å²) in [5.41, 5.74) is 5.95. The summed E-state index contributed by atoms with van der Waals surface area (Å²) in [5, 5.41) is 3.11. The van der Waals surface area contributed by atoms with Crippen molar-refractivity contribution in [1.82, 2.24) is 19.8 Å². The first-order chi connectivity index (χ1) is 19.9. The Morgan fingerprint density at radius 3 is 2.05 bits per heavy atom. The monoisotopic (exact) mass is 544 g/mol. The van der Waals surface area contributed by atoms with Gasteiger partial charge in [0.15, 0.2) is 0 Å². The number of hydrogen-bond donors (Lipinski definition) is 1. The zero-order chi connectivity index (χ0) is 28.8. The van der Waals surface area contributed by atoms with Crippen molar-refractivity contribution in [2.75, 3.05) is 0 Å². The van der Waals surface area contributed by atoms with Crippen LogP contribution in [0, 0.1) is 0 Å². The van der Waals surface area contributed by atoms with Gasteiger partial charge in [-0.25, -0.2) is 4.98 Å². The van der Waals surface area contributed by atoms with Gasteiger partial charge in [-0.05, 0) is 55.2 Å². The van der Waals surface area contributed by atoms with Crippen LogP contribution in [0.25, 0.3) is 22.2 Å². The van der Waals surface area contributed by atoms with Gasteiger partial charge >= 0.3 is 0 Å². The average molecular weight is 545 g/mol. The first-order valence-corrected chi connectivity index (χ1v) is 14.1. The molecule has 208 valence electrons. The Hall–Kier alpha value is -4.71. The van der Waals surface area contributed by atoms with Gasteiger partial charge in [0, 0.05) is 12.6 Å². The van der Waals surface area contributed by atoms with Crippen LogP contribution in [0.15, 0.2) is 109 Å². The fourth-order valence-electron chi connectivity index (χ4n) is 5.14. The molecule has 0 bridgehead atoms. The van der Waals surface area contributed by atoms with Crippen LogP contribution in [-0.2, 0) is 29.1 Å². The van der Waals surface area contributed by atoms with Gasteiger partial charge < -0.3 is 14.8 Å². The van der Waals surface area contributed by atoms with E-state index in [9.17, 15) is 9.59 Å². The topological polar surface area (TPSA) is 67.2 Å². The molecular formula is C35H36N4O2. The van der Waals surface area contributed by atoms with Gasteiger partial charge in [0.1, 0.15) is 12.4 Å². The van der Waals surface area contributed by atoms with Crippen LogP contribution in [-0.4, -0.2) is 32.3 Å². The van der Waals surface area contributed by atoms with Crippen molar-refractivity contribution in [3.8, 4) is 11.1 Å². The number of nitrogens with zero attached hydrogens (tertiary/aromatic N) is 3. The van der Waals surface area contributed by atoms with E-state index in [1.807, 2.05) is 127 Å². The zero-order valence-electron chi connectivity index (χ0n) is 23.8. The summed E-state index contributed by atoms with van der Waals surface area (Å²) in [7, 11) is 0. The van der Waals surface area contributed by atoms with Crippen molar-refractivity contribution in [1.29, 1.82) is 0 Å². The first kappa shape index (κ1) is 27.8. The smallest absolute Gasteiger partial charge is 0.243 e. The van der Waals surface area contributed by atoms with Crippen molar-refractivity contribution in [3.63, 3.8) is 0 Å². The van der Waals surface area contributed by atoms with Gasteiger partial charge in [0.25, 0.3) is 0 Å². The number of imidazole rings is 1. The summed E-state index contributed by atoms with van der Waals surface area (Å²) in [5.74, 6) is 0.573. The number of rotatable bonds is 10. The van der Waals surface area contributed by atoms with Gasteiger partial charge in [-0.1, -0.05) is 97.1 Å². The summed E-state index contributed by atoms with van der Waals surface area (Å²) in [6, 6.07) is 35.7. The van der Waals surface area contributed by atoms with E-state index < -0.39 is 0 Å². The molecule has 0 spiro atoms. The molecule has 5 rings (SSSR count). The molecule has 1 atom stereocenters. The number of carbonyl (C=O) groups excluding carboxylic acids is 2. The number of carbonyl (C=O) groups is 2. The minimum atomic E-state index is -0.382. The predicted octanol–water partition coefficient (Wildman–Crippen LogP) is 6.56. The van der Waals surface area contributed by atoms with Crippen LogP contribution in [0.3, 0.4) is 0 Å². The molecule has 1 aromatic heterocycles. The maximum absolute atomic E-state index is 13.7. The van der Waals surface area contributed by atoms with E-state index in [-0.39, 0.29) is 36.9 Å². The summed E-state index contributed by atoms with van der Waals surface area (Å²) in [6.07, 6.45) is 0.261. The van der Waals surface area contributed by atoms with E-state index in [0.29, 0.717) is 12.4 Å². The summed E-state index contributed by atoms with van der Waals surface area (Å²) < 4.78 is 1.94. The maximum atomic E-state index is 13.7. The van der Waals surface area contributed by atoms with Crippen LogP contribution in [0.1, 0.15) is 43.8 Å². The van der Waals surface area contributed by atoms with Crippen molar-refractivity contribution >= 4 is 22.8 Å². The summed E-state index contributed by atoms with van der Waals surface area (Å²) in [6.45, 7) is 6.66. The van der Waals surface area contributed by atoms with Crippen LogP contribution in [0.4, 0.5) is 0 Å². The maximum Gasteiger partial charge on any atom is 0.243 e. The van der Waals surface area contributed by atoms with Crippen molar-refractivity contribution in [3.05, 3.63) is 126 Å². The van der Waals surface area contributed by atoms with Crippen LogP contribution in [0.5, 0.6) is 0 Å². The Morgan fingerprint density at radius 2 is 1.37 bits per heavy atom. The molecule has 5 aromatic rings. The van der Waals surface area contributed by atoms with Gasteiger partial charge in [-0.3, -0.25) is 9.59 Å². The molecule has 6 heteroatoms. The number of fused-ring (bicyclic) bond motifs is 1. The van der Waals surface area contributed by atoms with Gasteiger partial charge in [0.05, 0.1) is 23.5 Å². The lowest BCUT2D eigenvalue weighted by molar-refractivity contribution is -0.134. The number of amides is 2. The summed E-state index contributed by atoms with van der Waals surface area (Å²) >= 11 is 0. The molecular weight excluding hydrogens is 508 g/mol. The highest BCUT2D eigenvalue weighted by atomic mass is 16.2. The molecule has 2 amide bonds. The largest absolute Gasteiger partial charge is 0.346 e. The Morgan fingerprint density at radius 1 is 0.756 bits per heavy atom. The van der Waals surface area contributed by atoms with Crippen LogP contribution in [0.2, 0.25) is 0 Å². The fourth-order valence-corrected chi connectivity index (χ4v) is 5.14. The van der Waals surface area contributed by atoms with Crippen molar-refractivity contribution in [2.45, 2.75) is 52.4 Å². The molecule has 0 radical (unpaired) electrons. The van der Waals surface area contributed by atoms with Gasteiger partial charge in [-0.2, -0.15) is 0 Å². The van der Waals surface area contributed by atoms with Gasteiger partial charge in [-0.15, -0.1) is 0 Å². The lowest BCUT2D eigenvalue weighted by atomic mass is 10.0. The third kappa shape index (κ3) is 6.72. The molecule has 1 unspecified atom stereocenters. The van der Waals surface area contributed by atoms with E-state index >= 15 is 0 Å². The standard InChI is InChI=1S/C35H36N4O2/c1-25(2)38(23-28-12-6-4-7-13-28)34(41)24-39-32-17-11-10-16-31(32)37-35(39)26(3)36-33(40)22-27-18-20-30(21-19-27)29-14-8-5-9-15-29/h4-21,25-26H,22-24H2,1-3H3,(H,36,40). The lowest BCUT2D eigenvalue weighted by Crippen LogP contribution is -2.39. The molecule has 0 fully saturated rings. The second-order valence-electron chi connectivity index (χ2n) is 10.7. The van der Waals surface area contributed by atoms with E-state index in [0.717, 1.165) is 33.3 Å². The molecule has 6 nitrogen and oxygen atoms in total. The second-order valence-corrected chi connectivity index (χ2v) is 10.7. The van der Waals surface area contributed by atoms with Crippen LogP contribution >= 0.6 is 0 Å². The zero-order valence-corrected chi connectivity index (χ0v) is 23.8. The Labute approximate surface area is 241 Å². The highest BCUT2D eigenvalue weighted by Crippen LogP contribution is 2.23. The van der Waals surface area contributed by atoms with Crippen LogP contribution < -0.4 is 5.32 Å². The molecule has 0 aliphatic rings. The number of para-hydroxylation sites is 2. The number of nitrogens with one attached hydrogen (secondary N) is 1. The molecule has 1 heterocycles. The number of hydrogen-bond acceptors (Lipinski definition) is 3. The van der Waals surface area contributed by atoms with E-state index in [4.69, 9.17) is 4.98 Å². The number of benzene rings is 4. The van der Waals surface area contributed by atoms with Crippen molar-refractivity contribution in [2.24, 2.45) is 0 Å². The average Bonchev–Trinajstić information content (AvgIpc) is 3.35. The predicted molar refractivity (Wildman–Crippen MR) is 164 cm³/mol. The molecule has 0 saturated carbocycles. The van der Waals surface area contributed by atoms with E-state index in [2.05, 4.69) is 17.4 Å². The Kier molecular flexibility index (Phi) is 8.59. The molecule has 4 aromatic carbocycles. The van der Waals surface area contributed by atoms with E-state index in [1.165, 1.54) is 0 Å². The molecule has 1 N–H and O–H groups in total. The first-order valence-electron chi connectivity index (χ1n) is 14.1. The third-order valence-corrected chi connectivity index (χ3v) is 7.31. The fraction of sp³-hybridized carbons (Fsp3) is 0.229. The van der Waals surface area contributed by atoms with Gasteiger partial charge in [0.2, 0.25) is 11.8 Å². The minimum Gasteiger partial charge on any atom is -0.346 e. The quantitative estimate of drug-likeness (QED) is 0.217. The normalized spacial score (nSPS) is 11.9. The molecule has 0 aliphatic carbocycles. The highest BCUT2D eigenvalue weighted by molar-refractivity contribution is 5.82. The van der Waals surface area contributed by atoms with E-state index in [1.54, 1.807) is 0 Å². The SMILES string of the molecule is CC(NC(=O)Cc1ccc(-c2ccccc2)cc1)c1nc2ccccc2n1CC(=O)N(Cc1ccccc1)C(C)C. The lowest BCUT2D eigenvalue weighted by Gasteiger charge is -2.28. The molecule has 41 heavy (non-hydrogen) atoms. The Balaban J connectivity index is 1.31. The van der Waals surface area contributed by atoms with Crippen molar-refractivity contribution < 1.29 is 9.59 Å². The highest BCUT2D eigenvalue weighted by Gasteiger charge is 2.23. The molecule has 0 saturated heterocycles. The third-order valence-electron chi connectivity index (χ3n) is 7.31. The minimum absolute atomic E-state index is 0.00490. The Bertz CT molecular complexity index is 1610. The summed E-state index contributed by atoms with van der Waals surface area (Å²) in [4.78, 5) is 33.5. The molecule has 0 aliphatic heterocycles. The second kappa shape index (κ2) is 12.6. The number of aromatic nitrogens is 2.